The van der Waals surface area contributed by atoms with Crippen LogP contribution in [0.4, 0.5) is 0 Å². The Balaban J connectivity index is 2.44. The fourth-order valence-corrected chi connectivity index (χ4v) is 0.795. The van der Waals surface area contributed by atoms with E-state index in [-0.39, 0.29) is 18.1 Å². The molecule has 0 atom stereocenters. The molecule has 1 aliphatic heterocycles. The maximum Gasteiger partial charge on any atom is 0.245 e. The van der Waals surface area contributed by atoms with E-state index in [0.717, 1.165) is 0 Å². The second-order valence-electron chi connectivity index (χ2n) is 2.27. The third-order valence-electron chi connectivity index (χ3n) is 1.16. The van der Waals surface area contributed by atoms with Gasteiger partial charge in [-0.2, -0.15) is 5.10 Å². The van der Waals surface area contributed by atoms with Gasteiger partial charge in [-0.3, -0.25) is 9.59 Å². The van der Waals surface area contributed by atoms with Crippen molar-refractivity contribution in [2.24, 2.45) is 5.10 Å². The van der Waals surface area contributed by atoms with Crippen molar-refractivity contribution in [3.8, 4) is 0 Å². The van der Waals surface area contributed by atoms with E-state index in [1.807, 2.05) is 0 Å². The van der Waals surface area contributed by atoms with Gasteiger partial charge in [0.25, 0.3) is 0 Å². The lowest BCUT2D eigenvalue weighted by atomic mass is 10.1. The molecule has 4 heteroatoms. The summed E-state index contributed by atoms with van der Waals surface area (Å²) in [7, 11) is 0. The maximum atomic E-state index is 10.5. The molecule has 1 heterocycles. The molecule has 10 heavy (non-hydrogen) atoms. The van der Waals surface area contributed by atoms with Crippen molar-refractivity contribution in [1.29, 1.82) is 0 Å². The van der Waals surface area contributed by atoms with Gasteiger partial charge in [-0.1, -0.05) is 0 Å². The molecule has 1 aliphatic rings. The van der Waals surface area contributed by atoms with Crippen LogP contribution in [0, 0.1) is 0 Å². The van der Waals surface area contributed by atoms with Crippen molar-refractivity contribution in [1.82, 2.24) is 5.43 Å². The van der Waals surface area contributed by atoms with Gasteiger partial charge >= 0.3 is 0 Å². The fraction of sp³-hybridized carbons (Fsp3) is 0.500. The zero-order valence-corrected chi connectivity index (χ0v) is 5.68. The SMILES string of the molecule is CC(=O)CC1=NNC(=O)C1. The number of hydrogen-bond acceptors (Lipinski definition) is 3. The van der Waals surface area contributed by atoms with Crippen LogP contribution in [-0.4, -0.2) is 17.4 Å². The predicted molar refractivity (Wildman–Crippen MR) is 35.5 cm³/mol. The third-order valence-corrected chi connectivity index (χ3v) is 1.16. The second kappa shape index (κ2) is 2.60. The predicted octanol–water partition coefficient (Wildman–Crippen LogP) is -0.159. The van der Waals surface area contributed by atoms with Crippen LogP contribution >= 0.6 is 0 Å². The first kappa shape index (κ1) is 6.92. The number of hydrazone groups is 1. The molecule has 0 aromatic rings. The second-order valence-corrected chi connectivity index (χ2v) is 2.27. The van der Waals surface area contributed by atoms with Gasteiger partial charge in [-0.05, 0) is 6.92 Å². The molecule has 54 valence electrons. The Morgan fingerprint density at radius 3 is 2.90 bits per heavy atom. The quantitative estimate of drug-likeness (QED) is 0.579. The fourth-order valence-electron chi connectivity index (χ4n) is 0.795. The van der Waals surface area contributed by atoms with Gasteiger partial charge in [0, 0.05) is 6.42 Å². The molecular formula is C6H8N2O2. The Kier molecular flexibility index (Phi) is 1.80. The van der Waals surface area contributed by atoms with E-state index in [0.29, 0.717) is 12.1 Å². The van der Waals surface area contributed by atoms with Gasteiger partial charge in [0.1, 0.15) is 5.78 Å². The molecule has 0 saturated carbocycles. The van der Waals surface area contributed by atoms with Gasteiger partial charge < -0.3 is 0 Å². The molecule has 0 aliphatic carbocycles. The number of nitrogens with one attached hydrogen (secondary N) is 1. The van der Waals surface area contributed by atoms with Crippen molar-refractivity contribution >= 4 is 17.4 Å². The monoisotopic (exact) mass is 140 g/mol. The van der Waals surface area contributed by atoms with Crippen molar-refractivity contribution < 1.29 is 9.59 Å². The van der Waals surface area contributed by atoms with E-state index in [9.17, 15) is 9.59 Å². The molecule has 1 rings (SSSR count). The lowest BCUT2D eigenvalue weighted by Crippen LogP contribution is -2.09. The largest absolute Gasteiger partial charge is 0.300 e. The molecule has 0 radical (unpaired) electrons. The smallest absolute Gasteiger partial charge is 0.245 e. The van der Waals surface area contributed by atoms with E-state index in [1.54, 1.807) is 0 Å². The van der Waals surface area contributed by atoms with Crippen LogP contribution in [0.5, 0.6) is 0 Å². The number of Topliss-reactive ketones (excluding diaryl/α,β-unsaturated/α-hetero) is 1. The first-order chi connectivity index (χ1) is 4.68. The Labute approximate surface area is 58.3 Å². The Morgan fingerprint density at radius 2 is 2.50 bits per heavy atom. The van der Waals surface area contributed by atoms with Crippen LogP contribution in [0.25, 0.3) is 0 Å². The van der Waals surface area contributed by atoms with Gasteiger partial charge in [-0.15, -0.1) is 0 Å². The number of carbonyl (C=O) groups excluding carboxylic acids is 2. The molecular weight excluding hydrogens is 132 g/mol. The molecule has 0 aromatic carbocycles. The van der Waals surface area contributed by atoms with Crippen molar-refractivity contribution in [2.75, 3.05) is 0 Å². The van der Waals surface area contributed by atoms with Crippen molar-refractivity contribution in [3.05, 3.63) is 0 Å². The standard InChI is InChI=1S/C6H8N2O2/c1-4(9)2-5-3-6(10)8-7-5/h2-3H2,1H3,(H,8,10). The van der Waals surface area contributed by atoms with Crippen LogP contribution in [0.15, 0.2) is 5.10 Å². The summed E-state index contributed by atoms with van der Waals surface area (Å²) in [6, 6.07) is 0. The summed E-state index contributed by atoms with van der Waals surface area (Å²) in [6.07, 6.45) is 0.568. The van der Waals surface area contributed by atoms with Gasteiger partial charge in [0.15, 0.2) is 0 Å². The van der Waals surface area contributed by atoms with E-state index in [2.05, 4.69) is 10.5 Å². The summed E-state index contributed by atoms with van der Waals surface area (Å²) < 4.78 is 0. The summed E-state index contributed by atoms with van der Waals surface area (Å²) in [5.74, 6) is -0.0912. The summed E-state index contributed by atoms with van der Waals surface area (Å²) in [5, 5.41) is 3.65. The molecule has 0 saturated heterocycles. The highest BCUT2D eigenvalue weighted by Gasteiger charge is 2.14. The number of carbonyl (C=O) groups is 2. The zero-order chi connectivity index (χ0) is 7.56. The molecule has 1 N–H and O–H groups in total. The van der Waals surface area contributed by atoms with Crippen LogP contribution in [0.1, 0.15) is 19.8 Å². The minimum Gasteiger partial charge on any atom is -0.300 e. The van der Waals surface area contributed by atoms with Gasteiger partial charge in [0.2, 0.25) is 5.91 Å². The molecule has 0 aromatic heterocycles. The average Bonchev–Trinajstić information content (AvgIpc) is 2.13. The third kappa shape index (κ3) is 1.65. The minimum atomic E-state index is -0.128. The summed E-state index contributed by atoms with van der Waals surface area (Å²) in [4.78, 5) is 21.0. The van der Waals surface area contributed by atoms with E-state index < -0.39 is 0 Å². The Bertz CT molecular complexity index is 208. The summed E-state index contributed by atoms with van der Waals surface area (Å²) >= 11 is 0. The number of hydrogen-bond donors (Lipinski definition) is 1. The molecule has 4 nitrogen and oxygen atoms in total. The molecule has 1 amide bonds. The lowest BCUT2D eigenvalue weighted by molar-refractivity contribution is -0.119. The molecule has 0 fully saturated rings. The molecule has 0 spiro atoms. The summed E-state index contributed by atoms with van der Waals surface area (Å²) in [5.41, 5.74) is 2.91. The lowest BCUT2D eigenvalue weighted by Gasteiger charge is -1.88. The normalized spacial score (nSPS) is 16.5. The maximum absolute atomic E-state index is 10.5. The van der Waals surface area contributed by atoms with Crippen LogP contribution in [-0.2, 0) is 9.59 Å². The van der Waals surface area contributed by atoms with Crippen LogP contribution < -0.4 is 5.43 Å². The molecule has 0 bridgehead atoms. The highest BCUT2D eigenvalue weighted by molar-refractivity contribution is 6.11. The van der Waals surface area contributed by atoms with E-state index in [1.165, 1.54) is 6.92 Å². The zero-order valence-electron chi connectivity index (χ0n) is 5.68. The topological polar surface area (TPSA) is 58.5 Å². The van der Waals surface area contributed by atoms with E-state index in [4.69, 9.17) is 0 Å². The minimum absolute atomic E-state index is 0.0373. The van der Waals surface area contributed by atoms with Crippen molar-refractivity contribution in [3.63, 3.8) is 0 Å². The highest BCUT2D eigenvalue weighted by Crippen LogP contribution is 1.99. The average molecular weight is 140 g/mol. The van der Waals surface area contributed by atoms with Crippen LogP contribution in [0.2, 0.25) is 0 Å². The summed E-state index contributed by atoms with van der Waals surface area (Å²) in [6.45, 7) is 1.48. The van der Waals surface area contributed by atoms with Crippen molar-refractivity contribution in [2.45, 2.75) is 19.8 Å². The van der Waals surface area contributed by atoms with E-state index >= 15 is 0 Å². The number of amides is 1. The van der Waals surface area contributed by atoms with Crippen LogP contribution in [0.3, 0.4) is 0 Å². The highest BCUT2D eigenvalue weighted by atomic mass is 16.2. The Morgan fingerprint density at radius 1 is 1.80 bits per heavy atom. The van der Waals surface area contributed by atoms with Gasteiger partial charge in [-0.25, -0.2) is 5.43 Å². The number of rotatable bonds is 2. The first-order valence-electron chi connectivity index (χ1n) is 3.02. The first-order valence-corrected chi connectivity index (χ1v) is 3.02. The number of nitrogens with zero attached hydrogens (tertiary/aromatic N) is 1. The molecule has 0 unspecified atom stereocenters. The van der Waals surface area contributed by atoms with Gasteiger partial charge in [0.05, 0.1) is 12.1 Å². The number of ketones is 1. The Hall–Kier alpha value is -1.19.